The van der Waals surface area contributed by atoms with Crippen molar-refractivity contribution in [2.24, 2.45) is 0 Å². The van der Waals surface area contributed by atoms with Crippen LogP contribution in [-0.2, 0) is 4.74 Å². The van der Waals surface area contributed by atoms with Gasteiger partial charge in [0.1, 0.15) is 24.2 Å². The number of rotatable bonds is 4. The molecule has 23 heavy (non-hydrogen) atoms. The Hall–Kier alpha value is -2.07. The summed E-state index contributed by atoms with van der Waals surface area (Å²) in [6, 6.07) is 0. The molecule has 4 atom stereocenters. The lowest BCUT2D eigenvalue weighted by Crippen LogP contribution is -2.40. The molecule has 0 saturated carbocycles. The largest absolute Gasteiger partial charge is 0.394 e. The van der Waals surface area contributed by atoms with Crippen molar-refractivity contribution in [3.63, 3.8) is 0 Å². The van der Waals surface area contributed by atoms with E-state index in [9.17, 15) is 19.8 Å². The van der Waals surface area contributed by atoms with Crippen LogP contribution in [0.4, 0.5) is 10.2 Å². The Morgan fingerprint density at radius 1 is 1.57 bits per heavy atom. The number of hydrogen-bond acceptors (Lipinski definition) is 7. The number of hydrogen-bond donors (Lipinski definition) is 4. The Morgan fingerprint density at radius 2 is 2.30 bits per heavy atom. The Balaban J connectivity index is 2.19. The Morgan fingerprint density at radius 3 is 2.87 bits per heavy atom. The number of anilines is 1. The van der Waals surface area contributed by atoms with Gasteiger partial charge in [0.2, 0.25) is 0 Å². The summed E-state index contributed by atoms with van der Waals surface area (Å²) in [5.74, 6) is 0.140. The summed E-state index contributed by atoms with van der Waals surface area (Å²) >= 11 is 0. The minimum absolute atomic E-state index is 0.140. The zero-order valence-corrected chi connectivity index (χ0v) is 12.3. The maximum Gasteiger partial charge on any atom is 0.181 e. The number of aromatic nitrogens is 3. The molecule has 0 aromatic carbocycles. The van der Waals surface area contributed by atoms with Gasteiger partial charge in [0.15, 0.2) is 17.7 Å². The van der Waals surface area contributed by atoms with E-state index in [-0.39, 0.29) is 5.82 Å². The number of aliphatic hydroxyl groups is 2. The molecule has 0 spiro atoms. The molecule has 0 amide bonds. The molecule has 3 heterocycles. The molecule has 1 aliphatic rings. The fraction of sp³-hybridized carbons (Fsp3) is 0.429. The van der Waals surface area contributed by atoms with Crippen molar-refractivity contribution in [1.82, 2.24) is 14.5 Å². The van der Waals surface area contributed by atoms with Crippen LogP contribution in [0, 0.1) is 0 Å². The van der Waals surface area contributed by atoms with Crippen LogP contribution in [0.25, 0.3) is 17.1 Å². The third-order valence-corrected chi connectivity index (χ3v) is 4.11. The maximum atomic E-state index is 15.0. The highest BCUT2D eigenvalue weighted by atomic mass is 19.1. The zero-order valence-electron chi connectivity index (χ0n) is 12.3. The molecule has 3 rings (SSSR count). The molecule has 0 aliphatic carbocycles. The van der Waals surface area contributed by atoms with Crippen LogP contribution in [0.2, 0.25) is 0 Å². The van der Waals surface area contributed by atoms with Gasteiger partial charge < -0.3 is 19.5 Å². The molecule has 124 valence electrons. The number of fused-ring (bicyclic) bond motifs is 1. The summed E-state index contributed by atoms with van der Waals surface area (Å²) in [7, 11) is 0. The molecule has 9 heteroatoms. The predicted octanol–water partition coefficient (Wildman–Crippen LogP) is 0.854. The number of nitrogens with one attached hydrogen (secondary N) is 1. The topological polar surface area (TPSA) is 113 Å². The van der Waals surface area contributed by atoms with E-state index in [2.05, 4.69) is 16.5 Å². The standard InChI is InChI=1S/C14H17FN4O4/c1-3-7-4-19(12-9(7)11(18-22)16-6-17-12)13-14(2,15)10(21)8(5-20)23-13/h3-4,6,8,10,13,20-22H,1,5H2,2H3,(H,16,17,18)/t8-,10-,13-,14-/m1/s1. The van der Waals surface area contributed by atoms with Crippen molar-refractivity contribution in [3.8, 4) is 0 Å². The van der Waals surface area contributed by atoms with Crippen molar-refractivity contribution < 1.29 is 24.5 Å². The van der Waals surface area contributed by atoms with Crippen LogP contribution in [-0.4, -0.2) is 54.4 Å². The van der Waals surface area contributed by atoms with E-state index >= 15 is 0 Å². The Bertz CT molecular complexity index is 748. The molecule has 8 nitrogen and oxygen atoms in total. The normalized spacial score (nSPS) is 30.7. The number of nitrogens with zero attached hydrogens (tertiary/aromatic N) is 3. The molecule has 2 aromatic rings. The lowest BCUT2D eigenvalue weighted by atomic mass is 9.98. The second-order valence-electron chi connectivity index (χ2n) is 5.53. The maximum absolute atomic E-state index is 15.0. The highest BCUT2D eigenvalue weighted by molar-refractivity contribution is 5.95. The SMILES string of the molecule is C=Cc1cn([C@@H]2O[C@H](CO)[C@@H](O)[C@@]2(C)F)c2ncnc(NO)c12. The predicted molar refractivity (Wildman–Crippen MR) is 79.5 cm³/mol. The number of halogens is 1. The van der Waals surface area contributed by atoms with Gasteiger partial charge >= 0.3 is 0 Å². The van der Waals surface area contributed by atoms with Gasteiger partial charge in [-0.1, -0.05) is 12.7 Å². The van der Waals surface area contributed by atoms with Gasteiger partial charge in [-0.25, -0.2) is 14.4 Å². The molecule has 0 radical (unpaired) electrons. The van der Waals surface area contributed by atoms with Gasteiger partial charge in [0.25, 0.3) is 0 Å². The van der Waals surface area contributed by atoms with E-state index < -0.39 is 30.7 Å². The second kappa shape index (κ2) is 5.53. The average Bonchev–Trinajstić information content (AvgIpc) is 3.03. The number of aliphatic hydroxyl groups excluding tert-OH is 2. The lowest BCUT2D eigenvalue weighted by Gasteiger charge is -2.25. The first-order chi connectivity index (χ1) is 11.0. The van der Waals surface area contributed by atoms with E-state index in [0.717, 1.165) is 0 Å². The van der Waals surface area contributed by atoms with Crippen LogP contribution in [0.15, 0.2) is 19.1 Å². The zero-order chi connectivity index (χ0) is 16.8. The first kappa shape index (κ1) is 15.8. The summed E-state index contributed by atoms with van der Waals surface area (Å²) in [6.45, 7) is 4.36. The number of ether oxygens (including phenoxy) is 1. The van der Waals surface area contributed by atoms with Crippen molar-refractivity contribution in [2.45, 2.75) is 31.0 Å². The minimum Gasteiger partial charge on any atom is -0.394 e. The first-order valence-electron chi connectivity index (χ1n) is 6.97. The smallest absolute Gasteiger partial charge is 0.181 e. The van der Waals surface area contributed by atoms with Gasteiger partial charge in [0.05, 0.1) is 12.0 Å². The molecule has 1 fully saturated rings. The monoisotopic (exact) mass is 324 g/mol. The summed E-state index contributed by atoms with van der Waals surface area (Å²) in [4.78, 5) is 8.01. The second-order valence-corrected chi connectivity index (χ2v) is 5.53. The lowest BCUT2D eigenvalue weighted by molar-refractivity contribution is -0.0564. The summed E-state index contributed by atoms with van der Waals surface area (Å²) < 4.78 is 21.8. The van der Waals surface area contributed by atoms with Crippen molar-refractivity contribution in [2.75, 3.05) is 12.1 Å². The molecule has 4 N–H and O–H groups in total. The van der Waals surface area contributed by atoms with Crippen LogP contribution >= 0.6 is 0 Å². The van der Waals surface area contributed by atoms with Crippen LogP contribution in [0.5, 0.6) is 0 Å². The summed E-state index contributed by atoms with van der Waals surface area (Å²) in [6.07, 6.45) is 0.522. The minimum atomic E-state index is -2.14. The fourth-order valence-electron chi connectivity index (χ4n) is 2.89. The van der Waals surface area contributed by atoms with Crippen LogP contribution < -0.4 is 5.48 Å². The fourth-order valence-corrected chi connectivity index (χ4v) is 2.89. The molecule has 0 bridgehead atoms. The van der Waals surface area contributed by atoms with Crippen molar-refractivity contribution in [1.29, 1.82) is 0 Å². The van der Waals surface area contributed by atoms with Gasteiger partial charge in [-0.15, -0.1) is 0 Å². The molecular formula is C14H17FN4O4. The third-order valence-electron chi connectivity index (χ3n) is 4.11. The van der Waals surface area contributed by atoms with Crippen LogP contribution in [0.3, 0.4) is 0 Å². The van der Waals surface area contributed by atoms with E-state index in [4.69, 9.17) is 4.74 Å². The molecule has 2 aromatic heterocycles. The Kier molecular flexibility index (Phi) is 3.80. The third kappa shape index (κ3) is 2.20. The van der Waals surface area contributed by atoms with Gasteiger partial charge in [-0.05, 0) is 6.92 Å². The average molecular weight is 324 g/mol. The van der Waals surface area contributed by atoms with Crippen molar-refractivity contribution in [3.05, 3.63) is 24.7 Å². The molecular weight excluding hydrogens is 307 g/mol. The van der Waals surface area contributed by atoms with E-state index in [1.165, 1.54) is 23.9 Å². The van der Waals surface area contributed by atoms with E-state index in [1.807, 2.05) is 5.48 Å². The molecule has 1 aliphatic heterocycles. The van der Waals surface area contributed by atoms with E-state index in [0.29, 0.717) is 16.6 Å². The highest BCUT2D eigenvalue weighted by Crippen LogP contribution is 2.43. The molecule has 0 unspecified atom stereocenters. The molecule has 1 saturated heterocycles. The van der Waals surface area contributed by atoms with Gasteiger partial charge in [0, 0.05) is 11.8 Å². The van der Waals surface area contributed by atoms with E-state index in [1.54, 1.807) is 6.20 Å². The van der Waals surface area contributed by atoms with Gasteiger partial charge in [-0.2, -0.15) is 0 Å². The first-order valence-corrected chi connectivity index (χ1v) is 6.97. The quantitative estimate of drug-likeness (QED) is 0.617. The van der Waals surface area contributed by atoms with Gasteiger partial charge in [-0.3, -0.25) is 10.7 Å². The summed E-state index contributed by atoms with van der Waals surface area (Å²) in [5.41, 5.74) is 0.670. The summed E-state index contributed by atoms with van der Waals surface area (Å²) in [5, 5.41) is 28.9. The number of alkyl halides is 1. The Labute approximate surface area is 130 Å². The van der Waals surface area contributed by atoms with Crippen molar-refractivity contribution >= 4 is 22.9 Å². The van der Waals surface area contributed by atoms with Crippen LogP contribution in [0.1, 0.15) is 18.7 Å². The highest BCUT2D eigenvalue weighted by Gasteiger charge is 2.55.